The highest BCUT2D eigenvalue weighted by Gasteiger charge is 2.21. The highest BCUT2D eigenvalue weighted by molar-refractivity contribution is 14.1. The van der Waals surface area contributed by atoms with E-state index in [0.717, 1.165) is 89.4 Å². The number of rotatable bonds is 4. The first kappa shape index (κ1) is 37.8. The molecular formula is C53H47IN4. The molecule has 2 aliphatic rings. The van der Waals surface area contributed by atoms with E-state index in [1.54, 1.807) is 0 Å². The van der Waals surface area contributed by atoms with Gasteiger partial charge in [0.1, 0.15) is 0 Å². The number of nitrogens with one attached hydrogen (secondary N) is 2. The van der Waals surface area contributed by atoms with Crippen molar-refractivity contribution >= 4 is 69.0 Å². The van der Waals surface area contributed by atoms with Crippen LogP contribution in [-0.2, 0) is 10.8 Å². The van der Waals surface area contributed by atoms with Crippen LogP contribution in [0.15, 0.2) is 121 Å². The number of aryl methyl sites for hydroxylation is 1. The number of halogens is 1. The average molecular weight is 867 g/mol. The van der Waals surface area contributed by atoms with Crippen molar-refractivity contribution in [3.05, 3.63) is 164 Å². The lowest BCUT2D eigenvalue weighted by Gasteiger charge is -2.19. The van der Waals surface area contributed by atoms with Crippen LogP contribution in [0.25, 0.3) is 90.9 Å². The third kappa shape index (κ3) is 7.17. The Bertz CT molecular complexity index is 2720. The quantitative estimate of drug-likeness (QED) is 0.173. The molecule has 4 aromatic carbocycles. The second-order valence-electron chi connectivity index (χ2n) is 17.5. The summed E-state index contributed by atoms with van der Waals surface area (Å²) in [6.07, 6.45) is 8.67. The Labute approximate surface area is 355 Å². The molecule has 0 amide bonds. The minimum Gasteiger partial charge on any atom is -0.354 e. The van der Waals surface area contributed by atoms with E-state index in [1.807, 2.05) is 0 Å². The lowest BCUT2D eigenvalue weighted by atomic mass is 9.86. The molecule has 2 aliphatic heterocycles. The van der Waals surface area contributed by atoms with Crippen molar-refractivity contribution in [2.75, 3.05) is 0 Å². The number of aromatic nitrogens is 4. The van der Waals surface area contributed by atoms with Gasteiger partial charge in [0.2, 0.25) is 0 Å². The van der Waals surface area contributed by atoms with E-state index in [2.05, 4.69) is 227 Å². The van der Waals surface area contributed by atoms with Gasteiger partial charge in [0.15, 0.2) is 0 Å². The summed E-state index contributed by atoms with van der Waals surface area (Å²) in [5.74, 6) is 0. The largest absolute Gasteiger partial charge is 0.354 e. The molecule has 4 nitrogen and oxygen atoms in total. The van der Waals surface area contributed by atoms with Crippen LogP contribution < -0.4 is 0 Å². The van der Waals surface area contributed by atoms with Gasteiger partial charge in [0.25, 0.3) is 0 Å². The fraction of sp³-hybridized carbons (Fsp3) is 0.170. The molecule has 0 aliphatic carbocycles. The fourth-order valence-corrected chi connectivity index (χ4v) is 8.39. The topological polar surface area (TPSA) is 57.4 Å². The van der Waals surface area contributed by atoms with E-state index in [-0.39, 0.29) is 10.8 Å². The molecule has 5 heteroatoms. The van der Waals surface area contributed by atoms with Crippen molar-refractivity contribution in [3.8, 4) is 44.5 Å². The minimum absolute atomic E-state index is 0.0394. The Kier molecular flexibility index (Phi) is 9.47. The van der Waals surface area contributed by atoms with Crippen molar-refractivity contribution in [1.29, 1.82) is 0 Å². The lowest BCUT2D eigenvalue weighted by molar-refractivity contribution is 0.590. The van der Waals surface area contributed by atoms with Gasteiger partial charge in [-0.1, -0.05) is 132 Å². The third-order valence-corrected chi connectivity index (χ3v) is 12.0. The van der Waals surface area contributed by atoms with Crippen molar-refractivity contribution < 1.29 is 0 Å². The van der Waals surface area contributed by atoms with Gasteiger partial charge in [-0.05, 0) is 134 Å². The molecule has 0 fully saturated rings. The SMILES string of the molecule is Cc1ccc(-c2c3nc(c(-c4ccc(C(C)(C)C)cc4)c4ccc([nH]4)c(-c4ccc(I)cc4)c4nc(c(-c5ccc(C(C)(C)C)cc5)c5ccc2[nH]5)C=C4)C=C3)cc1. The molecule has 0 unspecified atom stereocenters. The lowest BCUT2D eigenvalue weighted by Crippen LogP contribution is -2.10. The van der Waals surface area contributed by atoms with Crippen molar-refractivity contribution in [3.63, 3.8) is 0 Å². The monoisotopic (exact) mass is 866 g/mol. The number of hydrogen-bond donors (Lipinski definition) is 2. The van der Waals surface area contributed by atoms with Gasteiger partial charge in [-0.3, -0.25) is 0 Å². The first-order valence-electron chi connectivity index (χ1n) is 20.0. The molecule has 3 aromatic heterocycles. The van der Waals surface area contributed by atoms with E-state index in [9.17, 15) is 0 Å². The van der Waals surface area contributed by atoms with E-state index < -0.39 is 0 Å². The molecule has 0 saturated heterocycles. The highest BCUT2D eigenvalue weighted by Crippen LogP contribution is 2.39. The van der Waals surface area contributed by atoms with Gasteiger partial charge in [-0.15, -0.1) is 0 Å². The van der Waals surface area contributed by atoms with Crippen LogP contribution in [0.2, 0.25) is 0 Å². The summed E-state index contributed by atoms with van der Waals surface area (Å²) >= 11 is 2.38. The highest BCUT2D eigenvalue weighted by atomic mass is 127. The number of hydrogen-bond acceptors (Lipinski definition) is 2. The third-order valence-electron chi connectivity index (χ3n) is 11.3. The van der Waals surface area contributed by atoms with E-state index in [1.165, 1.54) is 20.3 Å². The molecule has 0 saturated carbocycles. The molecule has 0 spiro atoms. The van der Waals surface area contributed by atoms with Crippen LogP contribution in [0, 0.1) is 10.5 Å². The van der Waals surface area contributed by atoms with Crippen LogP contribution in [0.3, 0.4) is 0 Å². The molecular weight excluding hydrogens is 820 g/mol. The van der Waals surface area contributed by atoms with Gasteiger partial charge in [-0.25, -0.2) is 9.97 Å². The summed E-state index contributed by atoms with van der Waals surface area (Å²) in [6.45, 7) is 15.7. The minimum atomic E-state index is 0.0394. The van der Waals surface area contributed by atoms with Gasteiger partial charge >= 0.3 is 0 Å². The van der Waals surface area contributed by atoms with E-state index in [0.29, 0.717) is 0 Å². The van der Waals surface area contributed by atoms with Crippen LogP contribution in [0.5, 0.6) is 0 Å². The second kappa shape index (κ2) is 14.5. The molecule has 0 radical (unpaired) electrons. The summed E-state index contributed by atoms with van der Waals surface area (Å²) in [4.78, 5) is 18.7. The Morgan fingerprint density at radius 2 is 0.655 bits per heavy atom. The summed E-state index contributed by atoms with van der Waals surface area (Å²) < 4.78 is 1.18. The summed E-state index contributed by atoms with van der Waals surface area (Å²) in [7, 11) is 0. The zero-order valence-corrected chi connectivity index (χ0v) is 36.3. The second-order valence-corrected chi connectivity index (χ2v) is 18.8. The smallest absolute Gasteiger partial charge is 0.0737 e. The van der Waals surface area contributed by atoms with E-state index >= 15 is 0 Å². The number of nitrogens with zero attached hydrogens (tertiary/aromatic N) is 2. The zero-order valence-electron chi connectivity index (χ0n) is 34.1. The van der Waals surface area contributed by atoms with Crippen LogP contribution >= 0.6 is 22.6 Å². The average Bonchev–Trinajstić information content (AvgIpc) is 4.04. The number of aromatic amines is 2. The van der Waals surface area contributed by atoms with Gasteiger partial charge in [0, 0.05) is 47.9 Å². The standard InChI is InChI=1S/C53H47IN4/c1-32-8-10-33(11-9-32)48-40-24-26-42(55-40)49(34-12-18-37(19-13-34)52(2,3)4)44-28-30-46(57-44)51(36-16-22-39(54)23-17-36)47-31-29-45(58-47)50(43-27-25-41(48)56-43)35-14-20-38(21-15-35)53(5,6)7/h8-31,55,58H,1-7H3. The Hall–Kier alpha value is -5.79. The summed E-state index contributed by atoms with van der Waals surface area (Å²) in [5, 5.41) is 0. The molecule has 286 valence electrons. The maximum absolute atomic E-state index is 5.48. The summed E-state index contributed by atoms with van der Waals surface area (Å²) in [5.41, 5.74) is 20.1. The van der Waals surface area contributed by atoms with Gasteiger partial charge in [-0.2, -0.15) is 0 Å². The number of benzene rings is 4. The molecule has 7 aromatic rings. The first-order chi connectivity index (χ1) is 27.8. The van der Waals surface area contributed by atoms with Gasteiger partial charge in [0.05, 0.1) is 22.8 Å². The predicted molar refractivity (Wildman–Crippen MR) is 255 cm³/mol. The number of fused-ring (bicyclic) bond motifs is 8. The van der Waals surface area contributed by atoms with Crippen molar-refractivity contribution in [1.82, 2.24) is 19.9 Å². The normalized spacial score (nSPS) is 12.7. The fourth-order valence-electron chi connectivity index (χ4n) is 8.03. The predicted octanol–water partition coefficient (Wildman–Crippen LogP) is 14.8. The van der Waals surface area contributed by atoms with E-state index in [4.69, 9.17) is 9.97 Å². The van der Waals surface area contributed by atoms with Crippen molar-refractivity contribution in [2.45, 2.75) is 59.3 Å². The van der Waals surface area contributed by atoms with Crippen molar-refractivity contribution in [2.24, 2.45) is 0 Å². The summed E-state index contributed by atoms with van der Waals surface area (Å²) in [6, 6.07) is 44.2. The first-order valence-corrected chi connectivity index (χ1v) is 21.1. The van der Waals surface area contributed by atoms with Gasteiger partial charge < -0.3 is 9.97 Å². The zero-order chi connectivity index (χ0) is 40.3. The molecule has 9 rings (SSSR count). The maximum Gasteiger partial charge on any atom is 0.0737 e. The molecule has 2 N–H and O–H groups in total. The molecule has 58 heavy (non-hydrogen) atoms. The van der Waals surface area contributed by atoms with Crippen LogP contribution in [0.4, 0.5) is 0 Å². The Balaban J connectivity index is 1.43. The van der Waals surface area contributed by atoms with Crippen LogP contribution in [0.1, 0.15) is 81.0 Å². The molecule has 5 heterocycles. The van der Waals surface area contributed by atoms with Crippen LogP contribution in [-0.4, -0.2) is 19.9 Å². The Morgan fingerprint density at radius 1 is 0.379 bits per heavy atom. The maximum atomic E-state index is 5.48. The molecule has 8 bridgehead atoms. The Morgan fingerprint density at radius 3 is 0.948 bits per heavy atom. The molecule has 0 atom stereocenters. The number of H-pyrrole nitrogens is 2.